The standard InChI is InChI=1S/C21H26N6OS/c1-15-7-16(2)9-26(8-15)11-19-12-29-21(24-19)25-20(28)18-5-3-17(4-6-18)10-27-14-22-13-23-27/h3-6,12-16H,7-11H2,1-2H3,(H,24,25,28). The number of aromatic nitrogens is 4. The second kappa shape index (κ2) is 8.84. The van der Waals surface area contributed by atoms with E-state index in [0.29, 0.717) is 17.2 Å². The van der Waals surface area contributed by atoms with E-state index in [0.717, 1.165) is 42.7 Å². The third kappa shape index (κ3) is 5.27. The maximum Gasteiger partial charge on any atom is 0.257 e. The van der Waals surface area contributed by atoms with Gasteiger partial charge in [0.15, 0.2) is 5.13 Å². The van der Waals surface area contributed by atoms with Crippen molar-refractivity contribution in [3.8, 4) is 0 Å². The number of carbonyl (C=O) groups excluding carboxylic acids is 1. The van der Waals surface area contributed by atoms with Gasteiger partial charge in [-0.15, -0.1) is 11.3 Å². The number of piperidine rings is 1. The van der Waals surface area contributed by atoms with Gasteiger partial charge in [-0.3, -0.25) is 15.0 Å². The first kappa shape index (κ1) is 19.7. The van der Waals surface area contributed by atoms with E-state index < -0.39 is 0 Å². The van der Waals surface area contributed by atoms with Crippen molar-refractivity contribution in [2.45, 2.75) is 33.4 Å². The van der Waals surface area contributed by atoms with Crippen LogP contribution in [-0.2, 0) is 13.1 Å². The van der Waals surface area contributed by atoms with Crippen LogP contribution >= 0.6 is 11.3 Å². The van der Waals surface area contributed by atoms with Crippen molar-refractivity contribution in [2.24, 2.45) is 11.8 Å². The first-order valence-electron chi connectivity index (χ1n) is 9.94. The summed E-state index contributed by atoms with van der Waals surface area (Å²) in [7, 11) is 0. The van der Waals surface area contributed by atoms with E-state index in [1.54, 1.807) is 11.0 Å². The molecule has 4 rings (SSSR count). The number of carbonyl (C=O) groups is 1. The maximum absolute atomic E-state index is 12.5. The van der Waals surface area contributed by atoms with Crippen LogP contribution in [0.4, 0.5) is 5.13 Å². The summed E-state index contributed by atoms with van der Waals surface area (Å²) < 4.78 is 1.75. The first-order chi connectivity index (χ1) is 14.0. The molecule has 7 nitrogen and oxygen atoms in total. The number of hydrogen-bond donors (Lipinski definition) is 1. The Morgan fingerprint density at radius 1 is 1.17 bits per heavy atom. The Hall–Kier alpha value is -2.58. The predicted molar refractivity (Wildman–Crippen MR) is 114 cm³/mol. The van der Waals surface area contributed by atoms with Crippen LogP contribution < -0.4 is 5.32 Å². The molecular formula is C21H26N6OS. The van der Waals surface area contributed by atoms with Crippen molar-refractivity contribution in [3.63, 3.8) is 0 Å². The Kier molecular flexibility index (Phi) is 6.01. The molecule has 1 fully saturated rings. The Labute approximate surface area is 174 Å². The molecule has 1 aromatic carbocycles. The fourth-order valence-electron chi connectivity index (χ4n) is 4.02. The number of benzene rings is 1. The largest absolute Gasteiger partial charge is 0.298 e. The predicted octanol–water partition coefficient (Wildman–Crippen LogP) is 3.51. The average molecular weight is 411 g/mol. The lowest BCUT2D eigenvalue weighted by Gasteiger charge is -2.34. The Morgan fingerprint density at radius 3 is 2.62 bits per heavy atom. The second-order valence-corrected chi connectivity index (χ2v) is 8.89. The number of likely N-dealkylation sites (tertiary alicyclic amines) is 1. The molecule has 152 valence electrons. The van der Waals surface area contributed by atoms with Gasteiger partial charge in [0.05, 0.1) is 12.2 Å². The summed E-state index contributed by atoms with van der Waals surface area (Å²) in [6, 6.07) is 7.52. The topological polar surface area (TPSA) is 75.9 Å². The lowest BCUT2D eigenvalue weighted by Crippen LogP contribution is -2.38. The highest BCUT2D eigenvalue weighted by Crippen LogP contribution is 2.24. The Bertz CT molecular complexity index is 927. The molecule has 2 atom stereocenters. The molecule has 1 saturated heterocycles. The van der Waals surface area contributed by atoms with Crippen LogP contribution in [0.2, 0.25) is 0 Å². The van der Waals surface area contributed by atoms with Gasteiger partial charge in [-0.2, -0.15) is 5.10 Å². The fraction of sp³-hybridized carbons (Fsp3) is 0.429. The molecule has 1 N–H and O–H groups in total. The summed E-state index contributed by atoms with van der Waals surface area (Å²) >= 11 is 1.48. The number of nitrogens with one attached hydrogen (secondary N) is 1. The number of amides is 1. The van der Waals surface area contributed by atoms with Gasteiger partial charge in [-0.1, -0.05) is 26.0 Å². The molecule has 3 heterocycles. The van der Waals surface area contributed by atoms with E-state index in [1.165, 1.54) is 24.1 Å². The molecule has 0 bridgehead atoms. The van der Waals surface area contributed by atoms with E-state index >= 15 is 0 Å². The number of hydrogen-bond acceptors (Lipinski definition) is 6. The van der Waals surface area contributed by atoms with Crippen LogP contribution in [-0.4, -0.2) is 43.6 Å². The van der Waals surface area contributed by atoms with E-state index in [-0.39, 0.29) is 5.91 Å². The van der Waals surface area contributed by atoms with Gasteiger partial charge in [-0.25, -0.2) is 14.6 Å². The molecule has 0 saturated carbocycles. The fourth-order valence-corrected chi connectivity index (χ4v) is 4.72. The Balaban J connectivity index is 1.33. The highest BCUT2D eigenvalue weighted by Gasteiger charge is 2.22. The number of nitrogens with zero attached hydrogens (tertiary/aromatic N) is 5. The van der Waals surface area contributed by atoms with Crippen LogP contribution in [0.25, 0.3) is 0 Å². The van der Waals surface area contributed by atoms with E-state index in [9.17, 15) is 4.79 Å². The van der Waals surface area contributed by atoms with E-state index in [2.05, 4.69) is 39.1 Å². The summed E-state index contributed by atoms with van der Waals surface area (Å²) in [6.07, 6.45) is 4.48. The molecule has 2 unspecified atom stereocenters. The maximum atomic E-state index is 12.5. The monoisotopic (exact) mass is 410 g/mol. The van der Waals surface area contributed by atoms with Gasteiger partial charge in [0.1, 0.15) is 12.7 Å². The van der Waals surface area contributed by atoms with Crippen LogP contribution in [0.15, 0.2) is 42.3 Å². The smallest absolute Gasteiger partial charge is 0.257 e. The number of thiazole rings is 1. The van der Waals surface area contributed by atoms with Crippen molar-refractivity contribution in [1.29, 1.82) is 0 Å². The molecule has 1 amide bonds. The minimum Gasteiger partial charge on any atom is -0.298 e. The summed E-state index contributed by atoms with van der Waals surface area (Å²) in [5.74, 6) is 1.31. The highest BCUT2D eigenvalue weighted by molar-refractivity contribution is 7.13. The first-order valence-corrected chi connectivity index (χ1v) is 10.8. The molecule has 2 aromatic heterocycles. The Morgan fingerprint density at radius 2 is 1.93 bits per heavy atom. The van der Waals surface area contributed by atoms with Gasteiger partial charge in [0, 0.05) is 30.6 Å². The number of anilines is 1. The van der Waals surface area contributed by atoms with Gasteiger partial charge in [-0.05, 0) is 36.0 Å². The third-order valence-corrected chi connectivity index (χ3v) is 5.94. The molecule has 1 aliphatic rings. The molecule has 3 aromatic rings. The van der Waals surface area contributed by atoms with Crippen LogP contribution in [0, 0.1) is 11.8 Å². The zero-order valence-corrected chi connectivity index (χ0v) is 17.6. The zero-order chi connectivity index (χ0) is 20.2. The molecule has 1 aliphatic heterocycles. The third-order valence-electron chi connectivity index (χ3n) is 5.13. The molecular weight excluding hydrogens is 384 g/mol. The summed E-state index contributed by atoms with van der Waals surface area (Å²) in [5, 5.41) is 9.70. The van der Waals surface area contributed by atoms with Crippen LogP contribution in [0.1, 0.15) is 41.9 Å². The van der Waals surface area contributed by atoms with Crippen molar-refractivity contribution >= 4 is 22.4 Å². The van der Waals surface area contributed by atoms with Gasteiger partial charge in [0.25, 0.3) is 5.91 Å². The molecule has 0 radical (unpaired) electrons. The second-order valence-electron chi connectivity index (χ2n) is 8.03. The molecule has 0 spiro atoms. The van der Waals surface area contributed by atoms with Crippen molar-refractivity contribution in [3.05, 3.63) is 59.1 Å². The zero-order valence-electron chi connectivity index (χ0n) is 16.8. The molecule has 0 aliphatic carbocycles. The van der Waals surface area contributed by atoms with Crippen molar-refractivity contribution in [1.82, 2.24) is 24.6 Å². The van der Waals surface area contributed by atoms with E-state index in [1.807, 2.05) is 29.6 Å². The SMILES string of the molecule is CC1CC(C)CN(Cc2csc(NC(=O)c3ccc(Cn4cncn4)cc3)n2)C1. The number of rotatable bonds is 6. The van der Waals surface area contributed by atoms with Crippen LogP contribution in [0.3, 0.4) is 0 Å². The molecule has 29 heavy (non-hydrogen) atoms. The van der Waals surface area contributed by atoms with Crippen molar-refractivity contribution in [2.75, 3.05) is 18.4 Å². The molecule has 8 heteroatoms. The van der Waals surface area contributed by atoms with Crippen LogP contribution in [0.5, 0.6) is 0 Å². The normalized spacial score (nSPS) is 19.9. The lowest BCUT2D eigenvalue weighted by molar-refractivity contribution is 0.102. The average Bonchev–Trinajstić information content (AvgIpc) is 3.34. The summed E-state index contributed by atoms with van der Waals surface area (Å²) in [6.45, 7) is 8.33. The van der Waals surface area contributed by atoms with E-state index in [4.69, 9.17) is 0 Å². The van der Waals surface area contributed by atoms with Crippen molar-refractivity contribution < 1.29 is 4.79 Å². The summed E-state index contributed by atoms with van der Waals surface area (Å²) in [5.41, 5.74) is 2.70. The minimum absolute atomic E-state index is 0.140. The lowest BCUT2D eigenvalue weighted by atomic mass is 9.92. The minimum atomic E-state index is -0.140. The van der Waals surface area contributed by atoms with Gasteiger partial charge < -0.3 is 0 Å². The van der Waals surface area contributed by atoms with Gasteiger partial charge in [0.2, 0.25) is 0 Å². The highest BCUT2D eigenvalue weighted by atomic mass is 32.1. The quantitative estimate of drug-likeness (QED) is 0.673. The summed E-state index contributed by atoms with van der Waals surface area (Å²) in [4.78, 5) is 23.6. The van der Waals surface area contributed by atoms with Gasteiger partial charge >= 0.3 is 0 Å².